The van der Waals surface area contributed by atoms with Crippen LogP contribution in [0.2, 0.25) is 0 Å². The van der Waals surface area contributed by atoms with Gasteiger partial charge in [-0.2, -0.15) is 0 Å². The van der Waals surface area contributed by atoms with Crippen LogP contribution in [0.4, 0.5) is 0 Å². The topological polar surface area (TPSA) is 67.6 Å². The fourth-order valence-electron chi connectivity index (χ4n) is 4.34. The monoisotopic (exact) mass is 365 g/mol. The first-order valence-corrected chi connectivity index (χ1v) is 9.44. The minimum absolute atomic E-state index is 0.118. The van der Waals surface area contributed by atoms with Crippen LogP contribution in [0.25, 0.3) is 11.0 Å². The molecule has 1 saturated heterocycles. The predicted molar refractivity (Wildman–Crippen MR) is 102 cm³/mol. The van der Waals surface area contributed by atoms with Crippen molar-refractivity contribution in [1.82, 2.24) is 4.90 Å². The van der Waals surface area contributed by atoms with Crippen LogP contribution in [-0.2, 0) is 16.1 Å². The van der Waals surface area contributed by atoms with Crippen LogP contribution in [-0.4, -0.2) is 16.7 Å². The van der Waals surface area contributed by atoms with E-state index < -0.39 is 5.63 Å². The smallest absolute Gasteiger partial charge is 0.336 e. The fraction of sp³-hybridized carbons (Fsp3) is 0.409. The molecule has 5 heteroatoms. The SMILES string of the molecule is Cc1cc2oc(=O)cc(CN3C(=O)[C@H]4CC=CC[C@@H]4C3=O)c2cc1C(C)C. The number of nitrogens with zero attached hydrogens (tertiary/aromatic N) is 1. The molecular formula is C22H23NO4. The molecule has 1 aromatic heterocycles. The first-order valence-electron chi connectivity index (χ1n) is 9.44. The van der Waals surface area contributed by atoms with Gasteiger partial charge in [-0.3, -0.25) is 14.5 Å². The second-order valence-electron chi connectivity index (χ2n) is 7.87. The van der Waals surface area contributed by atoms with Gasteiger partial charge in [0.15, 0.2) is 0 Å². The summed E-state index contributed by atoms with van der Waals surface area (Å²) in [5.74, 6) is -0.471. The van der Waals surface area contributed by atoms with Crippen molar-refractivity contribution >= 4 is 22.8 Å². The summed E-state index contributed by atoms with van der Waals surface area (Å²) < 4.78 is 5.38. The summed E-state index contributed by atoms with van der Waals surface area (Å²) in [5.41, 5.74) is 2.92. The van der Waals surface area contributed by atoms with Gasteiger partial charge in [0.05, 0.1) is 18.4 Å². The number of amides is 2. The standard InChI is InChI=1S/C22H23NO4/c1-12(2)17-10-18-14(9-20(24)27-19(18)8-13(17)3)11-23-21(25)15-6-4-5-7-16(15)22(23)26/h4-5,8-10,12,15-16H,6-7,11H2,1-3H3/t15-,16-/m0/s1. The number of benzene rings is 1. The van der Waals surface area contributed by atoms with Gasteiger partial charge in [-0.25, -0.2) is 4.79 Å². The average molecular weight is 365 g/mol. The number of carbonyl (C=O) groups is 2. The second-order valence-corrected chi connectivity index (χ2v) is 7.87. The molecule has 0 bridgehead atoms. The highest BCUT2D eigenvalue weighted by Crippen LogP contribution is 2.36. The third kappa shape index (κ3) is 2.91. The van der Waals surface area contributed by atoms with Crippen LogP contribution < -0.4 is 5.63 Å². The Morgan fingerprint density at radius 1 is 1.04 bits per heavy atom. The van der Waals surface area contributed by atoms with Crippen LogP contribution in [0.5, 0.6) is 0 Å². The first-order chi connectivity index (χ1) is 12.9. The zero-order valence-corrected chi connectivity index (χ0v) is 15.8. The minimum Gasteiger partial charge on any atom is -0.423 e. The lowest BCUT2D eigenvalue weighted by molar-refractivity contribution is -0.140. The van der Waals surface area contributed by atoms with Crippen LogP contribution in [0.3, 0.4) is 0 Å². The molecule has 0 unspecified atom stereocenters. The number of aryl methyl sites for hydroxylation is 1. The third-order valence-electron chi connectivity index (χ3n) is 5.77. The molecule has 1 aliphatic heterocycles. The van der Waals surface area contributed by atoms with E-state index in [-0.39, 0.29) is 30.2 Å². The molecule has 2 atom stereocenters. The van der Waals surface area contributed by atoms with E-state index >= 15 is 0 Å². The number of rotatable bonds is 3. The van der Waals surface area contributed by atoms with E-state index in [2.05, 4.69) is 13.8 Å². The van der Waals surface area contributed by atoms with Crippen molar-refractivity contribution in [3.05, 3.63) is 57.5 Å². The lowest BCUT2D eigenvalue weighted by atomic mass is 9.85. The van der Waals surface area contributed by atoms with Gasteiger partial charge in [0, 0.05) is 11.5 Å². The van der Waals surface area contributed by atoms with Gasteiger partial charge in [0.2, 0.25) is 11.8 Å². The second kappa shape index (κ2) is 6.48. The molecular weight excluding hydrogens is 342 g/mol. The van der Waals surface area contributed by atoms with Crippen molar-refractivity contribution < 1.29 is 14.0 Å². The van der Waals surface area contributed by atoms with E-state index in [0.29, 0.717) is 29.9 Å². The van der Waals surface area contributed by atoms with Gasteiger partial charge in [-0.05, 0) is 54.5 Å². The van der Waals surface area contributed by atoms with Crippen LogP contribution in [0.1, 0.15) is 49.3 Å². The number of imide groups is 1. The van der Waals surface area contributed by atoms with Crippen molar-refractivity contribution in [3.8, 4) is 0 Å². The molecule has 0 spiro atoms. The van der Waals surface area contributed by atoms with Crippen molar-refractivity contribution in [2.45, 2.75) is 46.1 Å². The first kappa shape index (κ1) is 17.7. The minimum atomic E-state index is -0.465. The van der Waals surface area contributed by atoms with Gasteiger partial charge in [-0.15, -0.1) is 0 Å². The highest BCUT2D eigenvalue weighted by atomic mass is 16.4. The van der Waals surface area contributed by atoms with E-state index in [1.807, 2.05) is 31.2 Å². The maximum absolute atomic E-state index is 12.8. The lowest BCUT2D eigenvalue weighted by Crippen LogP contribution is -2.31. The number of allylic oxidation sites excluding steroid dienone is 2. The lowest BCUT2D eigenvalue weighted by Gasteiger charge is -2.17. The number of likely N-dealkylation sites (tertiary alicyclic amines) is 1. The Hall–Kier alpha value is -2.69. The van der Waals surface area contributed by atoms with Crippen molar-refractivity contribution in [3.63, 3.8) is 0 Å². The highest BCUT2D eigenvalue weighted by molar-refractivity contribution is 6.05. The summed E-state index contributed by atoms with van der Waals surface area (Å²) in [6.07, 6.45) is 5.17. The van der Waals surface area contributed by atoms with Crippen molar-refractivity contribution in [2.75, 3.05) is 0 Å². The third-order valence-corrected chi connectivity index (χ3v) is 5.77. The summed E-state index contributed by atoms with van der Waals surface area (Å²) in [4.78, 5) is 38.9. The largest absolute Gasteiger partial charge is 0.423 e. The molecule has 2 aliphatic rings. The van der Waals surface area contributed by atoms with E-state index in [4.69, 9.17) is 4.42 Å². The van der Waals surface area contributed by atoms with E-state index in [0.717, 1.165) is 16.5 Å². The molecule has 0 saturated carbocycles. The van der Waals surface area contributed by atoms with Crippen LogP contribution >= 0.6 is 0 Å². The maximum Gasteiger partial charge on any atom is 0.336 e. The molecule has 2 heterocycles. The molecule has 4 rings (SSSR count). The van der Waals surface area contributed by atoms with Gasteiger partial charge in [-0.1, -0.05) is 26.0 Å². The molecule has 140 valence electrons. The Balaban J connectivity index is 1.78. The molecule has 2 aromatic rings. The molecule has 0 N–H and O–H groups in total. The van der Waals surface area contributed by atoms with E-state index in [1.165, 1.54) is 11.0 Å². The Labute approximate surface area is 157 Å². The van der Waals surface area contributed by atoms with Crippen LogP contribution in [0, 0.1) is 18.8 Å². The summed E-state index contributed by atoms with van der Waals surface area (Å²) in [5, 5.41) is 0.789. The van der Waals surface area contributed by atoms with Crippen molar-refractivity contribution in [1.29, 1.82) is 0 Å². The number of hydrogen-bond acceptors (Lipinski definition) is 4. The number of carbonyl (C=O) groups excluding carboxylic acids is 2. The zero-order chi connectivity index (χ0) is 19.3. The Morgan fingerprint density at radius 3 is 2.26 bits per heavy atom. The molecule has 0 radical (unpaired) electrons. The van der Waals surface area contributed by atoms with E-state index in [1.54, 1.807) is 0 Å². The summed E-state index contributed by atoms with van der Waals surface area (Å²) >= 11 is 0. The Morgan fingerprint density at radius 2 is 1.67 bits per heavy atom. The summed E-state index contributed by atoms with van der Waals surface area (Å²) in [6.45, 7) is 6.33. The van der Waals surface area contributed by atoms with Crippen molar-refractivity contribution in [2.24, 2.45) is 11.8 Å². The number of hydrogen-bond donors (Lipinski definition) is 0. The van der Waals surface area contributed by atoms with Gasteiger partial charge in [0.1, 0.15) is 5.58 Å². The molecule has 1 aliphatic carbocycles. The van der Waals surface area contributed by atoms with E-state index in [9.17, 15) is 14.4 Å². The Bertz CT molecular complexity index is 1000. The van der Waals surface area contributed by atoms with Gasteiger partial charge in [0.25, 0.3) is 0 Å². The van der Waals surface area contributed by atoms with Gasteiger partial charge >= 0.3 is 5.63 Å². The predicted octanol–water partition coefficient (Wildman–Crippen LogP) is 3.68. The zero-order valence-electron chi connectivity index (χ0n) is 15.8. The molecule has 27 heavy (non-hydrogen) atoms. The van der Waals surface area contributed by atoms with Gasteiger partial charge < -0.3 is 4.42 Å². The fourth-order valence-corrected chi connectivity index (χ4v) is 4.34. The molecule has 1 fully saturated rings. The molecule has 5 nitrogen and oxygen atoms in total. The summed E-state index contributed by atoms with van der Waals surface area (Å²) in [7, 11) is 0. The normalized spacial score (nSPS) is 22.1. The van der Waals surface area contributed by atoms with Crippen LogP contribution in [0.15, 0.2) is 39.6 Å². The maximum atomic E-state index is 12.8. The Kier molecular flexibility index (Phi) is 4.25. The summed E-state index contributed by atoms with van der Waals surface area (Å²) in [6, 6.07) is 5.29. The molecule has 1 aromatic carbocycles. The molecule has 2 amide bonds. The highest BCUT2D eigenvalue weighted by Gasteiger charge is 2.47. The quantitative estimate of drug-likeness (QED) is 0.473. The average Bonchev–Trinajstić information content (AvgIpc) is 2.86. The number of fused-ring (bicyclic) bond motifs is 2.